The van der Waals surface area contributed by atoms with E-state index in [-0.39, 0.29) is 11.2 Å². The average Bonchev–Trinajstić information content (AvgIpc) is 2.27. The Morgan fingerprint density at radius 3 is 2.72 bits per heavy atom. The third-order valence-electron chi connectivity index (χ3n) is 3.45. The highest BCUT2D eigenvalue weighted by Gasteiger charge is 2.32. The van der Waals surface area contributed by atoms with E-state index in [2.05, 4.69) is 5.32 Å². The average molecular weight is 253 g/mol. The number of hydrogen-bond donors (Lipinski definition) is 2. The fourth-order valence-corrected chi connectivity index (χ4v) is 2.04. The highest BCUT2D eigenvalue weighted by molar-refractivity contribution is 5.63. The lowest BCUT2D eigenvalue weighted by Crippen LogP contribution is -2.52. The van der Waals surface area contributed by atoms with Crippen molar-refractivity contribution in [2.45, 2.75) is 31.7 Å². The van der Waals surface area contributed by atoms with Crippen LogP contribution in [-0.2, 0) is 0 Å². The van der Waals surface area contributed by atoms with Crippen LogP contribution in [0.5, 0.6) is 0 Å². The number of halogens is 1. The molecule has 0 atom stereocenters. The van der Waals surface area contributed by atoms with Crippen LogP contribution in [0, 0.1) is 22.9 Å². The summed E-state index contributed by atoms with van der Waals surface area (Å²) in [7, 11) is 0. The van der Waals surface area contributed by atoms with Crippen molar-refractivity contribution in [3.63, 3.8) is 0 Å². The van der Waals surface area contributed by atoms with Crippen LogP contribution in [0.1, 0.15) is 24.8 Å². The quantitative estimate of drug-likeness (QED) is 0.637. The predicted octanol–water partition coefficient (Wildman–Crippen LogP) is 2.34. The van der Waals surface area contributed by atoms with E-state index in [4.69, 9.17) is 5.73 Å². The Morgan fingerprint density at radius 1 is 1.56 bits per heavy atom. The number of nitrogens with one attached hydrogen (secondary N) is 1. The molecule has 0 unspecified atom stereocenters. The maximum absolute atomic E-state index is 13.3. The van der Waals surface area contributed by atoms with Crippen molar-refractivity contribution in [1.82, 2.24) is 0 Å². The number of anilines is 1. The number of rotatable bonds is 4. The molecule has 0 radical (unpaired) electrons. The lowest BCUT2D eigenvalue weighted by molar-refractivity contribution is -0.384. The molecule has 0 aromatic heterocycles. The molecule has 0 spiro atoms. The molecule has 0 bridgehead atoms. The third kappa shape index (κ3) is 2.43. The number of aryl methyl sites for hydroxylation is 1. The second kappa shape index (κ2) is 4.53. The van der Waals surface area contributed by atoms with Crippen LogP contribution >= 0.6 is 0 Å². The van der Waals surface area contributed by atoms with E-state index in [9.17, 15) is 14.5 Å². The zero-order chi connectivity index (χ0) is 13.3. The van der Waals surface area contributed by atoms with Crippen molar-refractivity contribution >= 4 is 11.4 Å². The molecule has 98 valence electrons. The minimum Gasteiger partial charge on any atom is -0.378 e. The zero-order valence-corrected chi connectivity index (χ0v) is 10.2. The van der Waals surface area contributed by atoms with E-state index in [1.54, 1.807) is 6.92 Å². The Labute approximate surface area is 104 Å². The second-order valence-electron chi connectivity index (χ2n) is 4.95. The van der Waals surface area contributed by atoms with Crippen molar-refractivity contribution in [1.29, 1.82) is 0 Å². The topological polar surface area (TPSA) is 81.2 Å². The first kappa shape index (κ1) is 12.8. The lowest BCUT2D eigenvalue weighted by atomic mass is 9.78. The maximum Gasteiger partial charge on any atom is 0.295 e. The van der Waals surface area contributed by atoms with Gasteiger partial charge in [-0.25, -0.2) is 4.39 Å². The van der Waals surface area contributed by atoms with Crippen LogP contribution in [-0.4, -0.2) is 17.0 Å². The fourth-order valence-electron chi connectivity index (χ4n) is 2.04. The number of nitrogens with two attached hydrogens (primary N) is 1. The van der Waals surface area contributed by atoms with E-state index in [1.165, 1.54) is 6.07 Å². The molecular weight excluding hydrogens is 237 g/mol. The molecule has 3 N–H and O–H groups in total. The summed E-state index contributed by atoms with van der Waals surface area (Å²) in [6, 6.07) is 2.40. The molecule has 0 saturated heterocycles. The molecule has 1 aromatic rings. The highest BCUT2D eigenvalue weighted by atomic mass is 19.1. The van der Waals surface area contributed by atoms with Crippen LogP contribution in [0.15, 0.2) is 12.1 Å². The fraction of sp³-hybridized carbons (Fsp3) is 0.500. The molecule has 1 aromatic carbocycles. The SMILES string of the molecule is Cc1cc(NCC2(N)CCC2)c([N+](=O)[O-])cc1F. The largest absolute Gasteiger partial charge is 0.378 e. The summed E-state index contributed by atoms with van der Waals surface area (Å²) in [6.45, 7) is 2.05. The molecule has 6 heteroatoms. The summed E-state index contributed by atoms with van der Waals surface area (Å²) >= 11 is 0. The number of nitro benzene ring substituents is 1. The van der Waals surface area contributed by atoms with Crippen LogP contribution in [0.4, 0.5) is 15.8 Å². The van der Waals surface area contributed by atoms with E-state index in [0.717, 1.165) is 25.3 Å². The molecule has 1 fully saturated rings. The number of nitro groups is 1. The van der Waals surface area contributed by atoms with Gasteiger partial charge in [0.2, 0.25) is 0 Å². The highest BCUT2D eigenvalue weighted by Crippen LogP contribution is 2.32. The molecule has 1 aliphatic carbocycles. The van der Waals surface area contributed by atoms with Gasteiger partial charge in [-0.3, -0.25) is 10.1 Å². The Morgan fingerprint density at radius 2 is 2.22 bits per heavy atom. The Bertz CT molecular complexity index is 486. The predicted molar refractivity (Wildman–Crippen MR) is 67.1 cm³/mol. The molecule has 0 aliphatic heterocycles. The Kier molecular flexibility index (Phi) is 3.21. The van der Waals surface area contributed by atoms with Gasteiger partial charge in [0.05, 0.1) is 11.0 Å². The summed E-state index contributed by atoms with van der Waals surface area (Å²) < 4.78 is 13.3. The molecule has 2 rings (SSSR count). The van der Waals surface area contributed by atoms with Gasteiger partial charge >= 0.3 is 0 Å². The molecule has 1 aliphatic rings. The Hall–Kier alpha value is -1.69. The third-order valence-corrected chi connectivity index (χ3v) is 3.45. The smallest absolute Gasteiger partial charge is 0.295 e. The zero-order valence-electron chi connectivity index (χ0n) is 10.2. The number of benzene rings is 1. The van der Waals surface area contributed by atoms with Gasteiger partial charge in [-0.1, -0.05) is 0 Å². The van der Waals surface area contributed by atoms with Crippen molar-refractivity contribution in [2.75, 3.05) is 11.9 Å². The van der Waals surface area contributed by atoms with Gasteiger partial charge in [0.15, 0.2) is 0 Å². The Balaban J connectivity index is 2.20. The van der Waals surface area contributed by atoms with Gasteiger partial charge in [0, 0.05) is 12.1 Å². The van der Waals surface area contributed by atoms with Crippen LogP contribution in [0.25, 0.3) is 0 Å². The van der Waals surface area contributed by atoms with Crippen LogP contribution in [0.2, 0.25) is 0 Å². The molecule has 1 saturated carbocycles. The van der Waals surface area contributed by atoms with Crippen molar-refractivity contribution in [3.8, 4) is 0 Å². The minimum atomic E-state index is -0.588. The van der Waals surface area contributed by atoms with Gasteiger partial charge in [0.1, 0.15) is 11.5 Å². The molecule has 5 nitrogen and oxygen atoms in total. The van der Waals surface area contributed by atoms with Crippen LogP contribution in [0.3, 0.4) is 0 Å². The molecule has 0 heterocycles. The van der Waals surface area contributed by atoms with E-state index in [0.29, 0.717) is 17.8 Å². The van der Waals surface area contributed by atoms with Gasteiger partial charge in [0.25, 0.3) is 5.69 Å². The van der Waals surface area contributed by atoms with E-state index >= 15 is 0 Å². The van der Waals surface area contributed by atoms with E-state index in [1.807, 2.05) is 0 Å². The molecule has 18 heavy (non-hydrogen) atoms. The first-order valence-corrected chi connectivity index (χ1v) is 5.89. The summed E-state index contributed by atoms with van der Waals surface area (Å²) in [5, 5.41) is 13.8. The maximum atomic E-state index is 13.3. The van der Waals surface area contributed by atoms with Crippen molar-refractivity contribution < 1.29 is 9.31 Å². The first-order valence-electron chi connectivity index (χ1n) is 5.89. The van der Waals surface area contributed by atoms with Crippen LogP contribution < -0.4 is 11.1 Å². The summed E-state index contributed by atoms with van der Waals surface area (Å²) in [5.41, 5.74) is 6.21. The first-order chi connectivity index (χ1) is 8.41. The van der Waals surface area contributed by atoms with Gasteiger partial charge in [-0.05, 0) is 37.8 Å². The van der Waals surface area contributed by atoms with Crippen molar-refractivity contribution in [3.05, 3.63) is 33.6 Å². The molecular formula is C12H16FN3O2. The lowest BCUT2D eigenvalue weighted by Gasteiger charge is -2.38. The van der Waals surface area contributed by atoms with Gasteiger partial charge < -0.3 is 11.1 Å². The molecule has 0 amide bonds. The standard InChI is InChI=1S/C12H16FN3O2/c1-8-5-10(11(16(17)18)6-9(8)13)15-7-12(14)3-2-4-12/h5-6,15H,2-4,7,14H2,1H3. The minimum absolute atomic E-state index is 0.249. The summed E-state index contributed by atoms with van der Waals surface area (Å²) in [6.07, 6.45) is 2.91. The normalized spacial score (nSPS) is 17.1. The van der Waals surface area contributed by atoms with E-state index < -0.39 is 10.7 Å². The monoisotopic (exact) mass is 253 g/mol. The summed E-state index contributed by atoms with van der Waals surface area (Å²) in [4.78, 5) is 10.3. The van der Waals surface area contributed by atoms with Crippen molar-refractivity contribution in [2.24, 2.45) is 5.73 Å². The second-order valence-corrected chi connectivity index (χ2v) is 4.95. The number of nitrogens with zero attached hydrogens (tertiary/aromatic N) is 1. The van der Waals surface area contributed by atoms with Gasteiger partial charge in [-0.15, -0.1) is 0 Å². The summed E-state index contributed by atoms with van der Waals surface area (Å²) in [5.74, 6) is -0.571. The van der Waals surface area contributed by atoms with Gasteiger partial charge in [-0.2, -0.15) is 0 Å². The number of hydrogen-bond acceptors (Lipinski definition) is 4.